The van der Waals surface area contributed by atoms with Crippen molar-refractivity contribution in [3.63, 3.8) is 0 Å². The average Bonchev–Trinajstić information content (AvgIpc) is 2.98. The van der Waals surface area contributed by atoms with Crippen LogP contribution in [0.15, 0.2) is 29.3 Å². The van der Waals surface area contributed by atoms with E-state index in [9.17, 15) is 14.0 Å². The number of halogens is 1. The van der Waals surface area contributed by atoms with Crippen molar-refractivity contribution in [3.05, 3.63) is 40.7 Å². The molecule has 0 spiro atoms. The lowest BCUT2D eigenvalue weighted by Gasteiger charge is -2.11. The second-order valence-electron chi connectivity index (χ2n) is 5.74. The minimum Gasteiger partial charge on any atom is -0.308 e. The third kappa shape index (κ3) is 3.18. The number of thiazole rings is 1. The molecule has 1 aromatic carbocycles. The molecule has 0 saturated heterocycles. The van der Waals surface area contributed by atoms with Crippen molar-refractivity contribution in [1.29, 1.82) is 0 Å². The molecule has 7 heteroatoms. The number of likely N-dealkylation sites (N-methyl/N-ethyl adjacent to an activating group) is 1. The van der Waals surface area contributed by atoms with Crippen molar-refractivity contribution in [3.8, 4) is 10.6 Å². The van der Waals surface area contributed by atoms with Gasteiger partial charge in [-0.2, -0.15) is 0 Å². The molecule has 5 nitrogen and oxygen atoms in total. The second kappa shape index (κ2) is 6.70. The molecular formula is C17H16FN3O2S. The number of aliphatic imine (C=N–C) groups is 1. The molecule has 3 rings (SSSR count). The molecule has 1 aliphatic carbocycles. The first kappa shape index (κ1) is 16.6. The Morgan fingerprint density at radius 3 is 2.75 bits per heavy atom. The van der Waals surface area contributed by atoms with Gasteiger partial charge in [0.05, 0.1) is 18.7 Å². The van der Waals surface area contributed by atoms with Crippen LogP contribution in [0.2, 0.25) is 0 Å². The molecule has 0 unspecified atom stereocenters. The summed E-state index contributed by atoms with van der Waals surface area (Å²) in [7, 11) is 3.83. The van der Waals surface area contributed by atoms with Crippen LogP contribution in [0.25, 0.3) is 10.6 Å². The summed E-state index contributed by atoms with van der Waals surface area (Å²) in [6.07, 6.45) is -0.0420. The lowest BCUT2D eigenvalue weighted by molar-refractivity contribution is 0.0963. The molecule has 0 bridgehead atoms. The number of rotatable bonds is 4. The number of carbonyl (C=O) groups is 2. The van der Waals surface area contributed by atoms with Gasteiger partial charge in [-0.3, -0.25) is 14.6 Å². The second-order valence-corrected chi connectivity index (χ2v) is 6.74. The standard InChI is InChI=1S/C17H16FN3O2S/c1-21(2)8-7-19-12-9-13(22)14-16(15(12)23)24-17(20-14)10-5-3-4-6-11(10)18/h3-6H,7-9H2,1-2H3. The molecule has 24 heavy (non-hydrogen) atoms. The first-order valence-electron chi connectivity index (χ1n) is 7.49. The minimum absolute atomic E-state index is 0.0420. The van der Waals surface area contributed by atoms with Crippen LogP contribution >= 0.6 is 11.3 Å². The highest BCUT2D eigenvalue weighted by atomic mass is 32.1. The Morgan fingerprint density at radius 1 is 1.29 bits per heavy atom. The van der Waals surface area contributed by atoms with E-state index in [0.717, 1.165) is 11.3 Å². The van der Waals surface area contributed by atoms with Crippen LogP contribution in [0.1, 0.15) is 26.6 Å². The number of aromatic nitrogens is 1. The van der Waals surface area contributed by atoms with Crippen LogP contribution in [-0.2, 0) is 0 Å². The first-order chi connectivity index (χ1) is 11.5. The van der Waals surface area contributed by atoms with E-state index in [0.29, 0.717) is 23.7 Å². The number of hydrogen-bond donors (Lipinski definition) is 0. The molecule has 0 amide bonds. The number of hydrogen-bond acceptors (Lipinski definition) is 6. The van der Waals surface area contributed by atoms with Crippen LogP contribution in [0.4, 0.5) is 4.39 Å². The molecule has 0 saturated carbocycles. The van der Waals surface area contributed by atoms with Crippen molar-refractivity contribution >= 4 is 28.6 Å². The number of ketones is 2. The van der Waals surface area contributed by atoms with Crippen molar-refractivity contribution in [2.45, 2.75) is 6.42 Å². The smallest absolute Gasteiger partial charge is 0.219 e. The van der Waals surface area contributed by atoms with Gasteiger partial charge < -0.3 is 4.90 Å². The van der Waals surface area contributed by atoms with Crippen molar-refractivity contribution < 1.29 is 14.0 Å². The third-order valence-electron chi connectivity index (χ3n) is 3.64. The summed E-state index contributed by atoms with van der Waals surface area (Å²) < 4.78 is 13.9. The Bertz CT molecular complexity index is 842. The number of nitrogens with zero attached hydrogens (tertiary/aromatic N) is 3. The third-order valence-corrected chi connectivity index (χ3v) is 4.73. The maximum Gasteiger partial charge on any atom is 0.219 e. The topological polar surface area (TPSA) is 62.6 Å². The van der Waals surface area contributed by atoms with E-state index >= 15 is 0 Å². The average molecular weight is 345 g/mol. The van der Waals surface area contributed by atoms with Crippen molar-refractivity contribution in [2.24, 2.45) is 4.99 Å². The van der Waals surface area contributed by atoms with Crippen molar-refractivity contribution in [1.82, 2.24) is 9.88 Å². The van der Waals surface area contributed by atoms with Crippen molar-refractivity contribution in [2.75, 3.05) is 27.2 Å². The molecule has 0 atom stereocenters. The predicted octanol–water partition coefficient (Wildman–Crippen LogP) is 2.72. The summed E-state index contributed by atoms with van der Waals surface area (Å²) in [5.41, 5.74) is 0.691. The molecule has 1 aromatic heterocycles. The van der Waals surface area contributed by atoms with Gasteiger partial charge in [-0.25, -0.2) is 9.37 Å². The number of Topliss-reactive ketones (excluding diaryl/α,β-unsaturated/α-hetero) is 2. The normalized spacial score (nSPS) is 16.1. The SMILES string of the molecule is CN(C)CCN=C1CC(=O)c2nc(-c3ccccc3F)sc2C1=O. The van der Waals surface area contributed by atoms with Crippen LogP contribution < -0.4 is 0 Å². The largest absolute Gasteiger partial charge is 0.308 e. The summed E-state index contributed by atoms with van der Waals surface area (Å²) in [6.45, 7) is 1.15. The summed E-state index contributed by atoms with van der Waals surface area (Å²) in [4.78, 5) is 35.5. The molecule has 2 aromatic rings. The van der Waals surface area contributed by atoms with Gasteiger partial charge in [0.15, 0.2) is 5.78 Å². The van der Waals surface area contributed by atoms with E-state index in [1.54, 1.807) is 18.2 Å². The number of benzene rings is 1. The van der Waals surface area contributed by atoms with Crippen LogP contribution in [0, 0.1) is 5.82 Å². The van der Waals surface area contributed by atoms with Gasteiger partial charge in [0, 0.05) is 12.1 Å². The quantitative estimate of drug-likeness (QED) is 0.855. The summed E-state index contributed by atoms with van der Waals surface area (Å²) in [6, 6.07) is 6.18. The summed E-state index contributed by atoms with van der Waals surface area (Å²) >= 11 is 1.05. The Labute approximate surface area is 142 Å². The maximum absolute atomic E-state index is 13.9. The van der Waals surface area contributed by atoms with Gasteiger partial charge >= 0.3 is 0 Å². The van der Waals surface area contributed by atoms with E-state index in [1.165, 1.54) is 6.07 Å². The van der Waals surface area contributed by atoms with Crippen LogP contribution in [0.3, 0.4) is 0 Å². The summed E-state index contributed by atoms with van der Waals surface area (Å²) in [5, 5.41) is 0.342. The Kier molecular flexibility index (Phi) is 4.64. The highest BCUT2D eigenvalue weighted by molar-refractivity contribution is 7.18. The van der Waals surface area contributed by atoms with E-state index in [1.807, 2.05) is 19.0 Å². The molecule has 0 fully saturated rings. The number of carbonyl (C=O) groups excluding carboxylic acids is 2. The zero-order valence-electron chi connectivity index (χ0n) is 13.4. The molecule has 0 radical (unpaired) electrons. The lowest BCUT2D eigenvalue weighted by atomic mass is 9.98. The van der Waals surface area contributed by atoms with E-state index in [2.05, 4.69) is 9.98 Å². The highest BCUT2D eigenvalue weighted by Gasteiger charge is 2.33. The molecular weight excluding hydrogens is 329 g/mol. The Morgan fingerprint density at radius 2 is 2.04 bits per heavy atom. The zero-order valence-corrected chi connectivity index (χ0v) is 14.2. The van der Waals surface area contributed by atoms with Gasteiger partial charge in [-0.15, -0.1) is 11.3 Å². The van der Waals surface area contributed by atoms with E-state index < -0.39 is 5.82 Å². The van der Waals surface area contributed by atoms with Gasteiger partial charge in [0.25, 0.3) is 0 Å². The molecule has 124 valence electrons. The maximum atomic E-state index is 13.9. The Balaban J connectivity index is 1.94. The fourth-order valence-electron chi connectivity index (χ4n) is 2.37. The first-order valence-corrected chi connectivity index (χ1v) is 8.30. The minimum atomic E-state index is -0.427. The monoisotopic (exact) mass is 345 g/mol. The van der Waals surface area contributed by atoms with Gasteiger partial charge in [-0.1, -0.05) is 12.1 Å². The molecule has 1 aliphatic rings. The highest BCUT2D eigenvalue weighted by Crippen LogP contribution is 2.33. The molecule has 1 heterocycles. The van der Waals surface area contributed by atoms with Crippen LogP contribution in [0.5, 0.6) is 0 Å². The zero-order chi connectivity index (χ0) is 17.3. The molecule has 0 aliphatic heterocycles. The Hall–Kier alpha value is -2.25. The van der Waals surface area contributed by atoms with Gasteiger partial charge in [-0.05, 0) is 26.2 Å². The van der Waals surface area contributed by atoms with Gasteiger partial charge in [0.1, 0.15) is 21.4 Å². The van der Waals surface area contributed by atoms with E-state index in [4.69, 9.17) is 0 Å². The lowest BCUT2D eigenvalue weighted by Crippen LogP contribution is -2.27. The molecule has 0 N–H and O–H groups in total. The predicted molar refractivity (Wildman–Crippen MR) is 91.6 cm³/mol. The van der Waals surface area contributed by atoms with Crippen LogP contribution in [-0.4, -0.2) is 54.3 Å². The van der Waals surface area contributed by atoms with Gasteiger partial charge in [0.2, 0.25) is 5.78 Å². The summed E-state index contributed by atoms with van der Waals surface area (Å²) in [5.74, 6) is -0.946. The fourth-order valence-corrected chi connectivity index (χ4v) is 3.45. The number of fused-ring (bicyclic) bond motifs is 1. The fraction of sp³-hybridized carbons (Fsp3) is 0.294. The van der Waals surface area contributed by atoms with E-state index in [-0.39, 0.29) is 34.3 Å².